The minimum absolute atomic E-state index is 0.225. The molecular formula is C18H18ClN5O3S. The second kappa shape index (κ2) is 8.59. The van der Waals surface area contributed by atoms with Crippen molar-refractivity contribution in [1.82, 2.24) is 19.9 Å². The predicted molar refractivity (Wildman–Crippen MR) is 105 cm³/mol. The van der Waals surface area contributed by atoms with Crippen LogP contribution in [0.2, 0.25) is 5.02 Å². The molecule has 0 aliphatic carbocycles. The Morgan fingerprint density at radius 2 is 1.75 bits per heavy atom. The first-order valence-electron chi connectivity index (χ1n) is 8.35. The highest BCUT2D eigenvalue weighted by atomic mass is 35.5. The van der Waals surface area contributed by atoms with E-state index in [0.717, 1.165) is 5.69 Å². The highest BCUT2D eigenvalue weighted by Crippen LogP contribution is 2.21. The van der Waals surface area contributed by atoms with E-state index in [1.165, 1.54) is 0 Å². The van der Waals surface area contributed by atoms with Crippen LogP contribution in [0.25, 0.3) is 0 Å². The van der Waals surface area contributed by atoms with Crippen molar-refractivity contribution >= 4 is 21.6 Å². The van der Waals surface area contributed by atoms with Gasteiger partial charge in [-0.05, 0) is 31.0 Å². The molecule has 1 aromatic carbocycles. The molecule has 0 aliphatic rings. The van der Waals surface area contributed by atoms with Crippen molar-refractivity contribution in [3.8, 4) is 11.6 Å². The lowest BCUT2D eigenvalue weighted by atomic mass is 10.2. The van der Waals surface area contributed by atoms with E-state index in [4.69, 9.17) is 21.5 Å². The number of hydrogen-bond donors (Lipinski definition) is 1. The van der Waals surface area contributed by atoms with E-state index in [9.17, 15) is 8.42 Å². The van der Waals surface area contributed by atoms with Crippen molar-refractivity contribution in [2.45, 2.75) is 25.5 Å². The van der Waals surface area contributed by atoms with Crippen molar-refractivity contribution in [1.29, 1.82) is 0 Å². The Kier molecular flexibility index (Phi) is 6.18. The Bertz CT molecular complexity index is 1060. The highest BCUT2D eigenvalue weighted by Gasteiger charge is 2.08. The normalized spacial score (nSPS) is 11.4. The Balaban J connectivity index is 1.68. The summed E-state index contributed by atoms with van der Waals surface area (Å²) in [4.78, 5) is 17.0. The third-order valence-electron chi connectivity index (χ3n) is 3.66. The van der Waals surface area contributed by atoms with Crippen LogP contribution in [0.1, 0.15) is 22.9 Å². The summed E-state index contributed by atoms with van der Waals surface area (Å²) >= 11 is 5.79. The van der Waals surface area contributed by atoms with Gasteiger partial charge in [0.2, 0.25) is 15.9 Å². The first-order valence-corrected chi connectivity index (χ1v) is 10.4. The molecule has 146 valence electrons. The molecule has 0 saturated heterocycles. The number of nitrogens with two attached hydrogens (primary N) is 1. The number of primary sulfonamides is 1. The van der Waals surface area contributed by atoms with Gasteiger partial charge in [-0.25, -0.2) is 28.5 Å². The number of nitrogens with zero attached hydrogens (tertiary/aromatic N) is 4. The molecule has 0 radical (unpaired) electrons. The van der Waals surface area contributed by atoms with Crippen LogP contribution < -0.4 is 9.88 Å². The maximum Gasteiger partial charge on any atom is 0.222 e. The first kappa shape index (κ1) is 20.1. The fourth-order valence-electron chi connectivity index (χ4n) is 2.49. The number of rotatable bonds is 7. The van der Waals surface area contributed by atoms with E-state index >= 15 is 0 Å². The molecule has 28 heavy (non-hydrogen) atoms. The lowest BCUT2D eigenvalue weighted by Crippen LogP contribution is -2.14. The quantitative estimate of drug-likeness (QED) is 0.624. The molecule has 0 saturated carbocycles. The lowest BCUT2D eigenvalue weighted by Gasteiger charge is -2.08. The van der Waals surface area contributed by atoms with E-state index in [1.807, 2.05) is 0 Å². The zero-order valence-electron chi connectivity index (χ0n) is 15.0. The van der Waals surface area contributed by atoms with Gasteiger partial charge in [-0.3, -0.25) is 0 Å². The summed E-state index contributed by atoms with van der Waals surface area (Å²) in [5, 5.41) is 5.54. The maximum atomic E-state index is 11.1. The summed E-state index contributed by atoms with van der Waals surface area (Å²) in [5.74, 6) is 1.96. The van der Waals surface area contributed by atoms with Gasteiger partial charge in [-0.1, -0.05) is 23.7 Å². The smallest absolute Gasteiger partial charge is 0.222 e. The van der Waals surface area contributed by atoms with Crippen LogP contribution in [0.5, 0.6) is 11.6 Å². The lowest BCUT2D eigenvalue weighted by molar-refractivity contribution is 0.458. The maximum absolute atomic E-state index is 11.1. The molecule has 8 nitrogen and oxygen atoms in total. The van der Waals surface area contributed by atoms with Crippen LogP contribution in [0.4, 0.5) is 0 Å². The molecule has 0 spiro atoms. The van der Waals surface area contributed by atoms with Gasteiger partial charge in [0, 0.05) is 30.6 Å². The first-order chi connectivity index (χ1) is 13.3. The van der Waals surface area contributed by atoms with Gasteiger partial charge in [0.05, 0.1) is 10.8 Å². The average Bonchev–Trinajstić information content (AvgIpc) is 2.61. The number of ether oxygens (including phenoxy) is 1. The second-order valence-corrected chi connectivity index (χ2v) is 8.17. The Hall–Kier alpha value is -2.62. The number of aromatic nitrogens is 4. The van der Waals surface area contributed by atoms with E-state index in [0.29, 0.717) is 46.7 Å². The molecule has 0 amide bonds. The number of benzene rings is 1. The number of hydrogen-bond acceptors (Lipinski definition) is 7. The molecular weight excluding hydrogens is 402 g/mol. The average molecular weight is 420 g/mol. The molecule has 0 bridgehead atoms. The minimum Gasteiger partial charge on any atom is -0.439 e. The molecule has 0 unspecified atom stereocenters. The van der Waals surface area contributed by atoms with Gasteiger partial charge in [0.1, 0.15) is 17.4 Å². The molecule has 2 aromatic heterocycles. The van der Waals surface area contributed by atoms with Gasteiger partial charge in [-0.15, -0.1) is 0 Å². The van der Waals surface area contributed by atoms with Crippen LogP contribution >= 0.6 is 11.6 Å². The molecule has 0 atom stereocenters. The van der Waals surface area contributed by atoms with Gasteiger partial charge < -0.3 is 4.74 Å². The molecule has 3 rings (SSSR count). The van der Waals surface area contributed by atoms with E-state index in [2.05, 4.69) is 19.9 Å². The van der Waals surface area contributed by atoms with Gasteiger partial charge >= 0.3 is 0 Å². The Labute approximate surface area is 167 Å². The van der Waals surface area contributed by atoms with E-state index in [-0.39, 0.29) is 5.75 Å². The zero-order chi connectivity index (χ0) is 20.1. The zero-order valence-corrected chi connectivity index (χ0v) is 16.6. The summed E-state index contributed by atoms with van der Waals surface area (Å²) < 4.78 is 28.1. The fraction of sp³-hybridized carbons (Fsp3) is 0.222. The molecule has 0 aliphatic heterocycles. The highest BCUT2D eigenvalue weighted by molar-refractivity contribution is 7.88. The Morgan fingerprint density at radius 3 is 2.39 bits per heavy atom. The van der Waals surface area contributed by atoms with E-state index < -0.39 is 10.0 Å². The fourth-order valence-corrected chi connectivity index (χ4v) is 3.25. The van der Waals surface area contributed by atoms with Crippen LogP contribution in [-0.4, -0.2) is 28.4 Å². The van der Waals surface area contributed by atoms with Crippen molar-refractivity contribution in [3.63, 3.8) is 0 Å². The topological polar surface area (TPSA) is 121 Å². The summed E-state index contributed by atoms with van der Waals surface area (Å²) in [6, 6.07) is 8.37. The molecule has 10 heteroatoms. The molecule has 2 N–H and O–H groups in total. The molecule has 2 heterocycles. The van der Waals surface area contributed by atoms with Crippen molar-refractivity contribution in [2.24, 2.45) is 5.14 Å². The van der Waals surface area contributed by atoms with Gasteiger partial charge in [-0.2, -0.15) is 4.98 Å². The van der Waals surface area contributed by atoms with Crippen LogP contribution in [0, 0.1) is 6.92 Å². The third kappa shape index (κ3) is 6.22. The number of halogens is 1. The standard InChI is InChI=1S/C18H18ClN5O3S/c1-12-23-15(4-7-17-21-9-14(19)10-22-17)8-18(24-12)27-16-5-2-13(3-6-16)11-28(20,25)26/h2-3,5-6,8-10H,4,7,11H2,1H3,(H2,20,25,26). The summed E-state index contributed by atoms with van der Waals surface area (Å²) in [7, 11) is -3.57. The Morgan fingerprint density at radius 1 is 1.07 bits per heavy atom. The van der Waals surface area contributed by atoms with Crippen molar-refractivity contribution in [3.05, 3.63) is 70.7 Å². The molecule has 3 aromatic rings. The van der Waals surface area contributed by atoms with Gasteiger partial charge in [0.15, 0.2) is 0 Å². The summed E-state index contributed by atoms with van der Waals surface area (Å²) in [6.07, 6.45) is 4.34. The van der Waals surface area contributed by atoms with Crippen molar-refractivity contribution < 1.29 is 13.2 Å². The van der Waals surface area contributed by atoms with Crippen LogP contribution in [0.15, 0.2) is 42.7 Å². The summed E-state index contributed by atoms with van der Waals surface area (Å²) in [6.45, 7) is 1.78. The monoisotopic (exact) mass is 419 g/mol. The van der Waals surface area contributed by atoms with Crippen molar-refractivity contribution in [2.75, 3.05) is 0 Å². The molecule has 0 fully saturated rings. The SMILES string of the molecule is Cc1nc(CCc2ncc(Cl)cn2)cc(Oc2ccc(CS(N)(=O)=O)cc2)n1. The van der Waals surface area contributed by atoms with Gasteiger partial charge in [0.25, 0.3) is 0 Å². The van der Waals surface area contributed by atoms with Crippen LogP contribution in [-0.2, 0) is 28.6 Å². The number of sulfonamides is 1. The number of aryl methyl sites for hydroxylation is 3. The van der Waals surface area contributed by atoms with Crippen LogP contribution in [0.3, 0.4) is 0 Å². The predicted octanol–water partition coefficient (Wildman–Crippen LogP) is 2.59. The largest absolute Gasteiger partial charge is 0.439 e. The second-order valence-electron chi connectivity index (χ2n) is 6.12. The third-order valence-corrected chi connectivity index (χ3v) is 4.59. The minimum atomic E-state index is -3.57. The summed E-state index contributed by atoms with van der Waals surface area (Å²) in [5.41, 5.74) is 1.38. The van der Waals surface area contributed by atoms with E-state index in [1.54, 1.807) is 49.6 Å².